The van der Waals surface area contributed by atoms with Crippen LogP contribution in [-0.2, 0) is 0 Å². The number of carbonyl (C=O) groups is 1. The van der Waals surface area contributed by atoms with Crippen LogP contribution >= 0.6 is 8.58 Å². The van der Waals surface area contributed by atoms with Crippen LogP contribution in [0.2, 0.25) is 0 Å². The van der Waals surface area contributed by atoms with Gasteiger partial charge in [-0.2, -0.15) is 0 Å². The monoisotopic (exact) mass is 367 g/mol. The Kier molecular flexibility index (Phi) is 9.23. The quantitative estimate of drug-likeness (QED) is 0.523. The van der Waals surface area contributed by atoms with Gasteiger partial charge in [-0.1, -0.05) is 19.1 Å². The Bertz CT molecular complexity index is 726. The first-order chi connectivity index (χ1) is 12.0. The summed E-state index contributed by atoms with van der Waals surface area (Å²) < 4.78 is 16.5. The number of hydrogen-bond acceptors (Lipinski definition) is 4. The third-order valence-electron chi connectivity index (χ3n) is 4.01. The third-order valence-corrected chi connectivity index (χ3v) is 5.32. The van der Waals surface area contributed by atoms with E-state index >= 15 is 0 Å². The summed E-state index contributed by atoms with van der Waals surface area (Å²) in [5, 5.41) is 0.995. The van der Waals surface area contributed by atoms with Gasteiger partial charge in [0.25, 0.3) is 0 Å². The topological polar surface area (TPSA) is 44.8 Å². The Morgan fingerprint density at radius 3 is 2.23 bits per heavy atom. The number of benzene rings is 2. The predicted octanol–water partition coefficient (Wildman–Crippen LogP) is 3.95. The second-order valence-corrected chi connectivity index (χ2v) is 7.05. The molecule has 0 aromatic heterocycles. The normalized spacial score (nSPS) is 11.7. The van der Waals surface area contributed by atoms with Gasteiger partial charge in [0.1, 0.15) is 22.8 Å². The smallest absolute Gasteiger partial charge is 0.193 e. The molecule has 0 spiro atoms. The van der Waals surface area contributed by atoms with Crippen molar-refractivity contribution >= 4 is 38.3 Å². The summed E-state index contributed by atoms with van der Waals surface area (Å²) in [4.78, 5) is 12.9. The fourth-order valence-corrected chi connectivity index (χ4v) is 3.48. The molecule has 0 heterocycles. The van der Waals surface area contributed by atoms with Crippen LogP contribution in [0.5, 0.6) is 17.2 Å². The van der Waals surface area contributed by atoms with Crippen molar-refractivity contribution in [3.05, 3.63) is 47.5 Å². The van der Waals surface area contributed by atoms with Gasteiger partial charge in [0.2, 0.25) is 0 Å². The zero-order valence-electron chi connectivity index (χ0n) is 16.4. The molecule has 0 fully saturated rings. The number of ether oxygens (including phenoxy) is 3. The summed E-state index contributed by atoms with van der Waals surface area (Å²) in [6.07, 6.45) is 1.13. The molecule has 6 heteroatoms. The van der Waals surface area contributed by atoms with Crippen molar-refractivity contribution in [1.82, 2.24) is 0 Å². The molecule has 0 aliphatic carbocycles. The summed E-state index contributed by atoms with van der Waals surface area (Å²) in [6, 6.07) is 11.2. The molecule has 0 aliphatic heterocycles. The van der Waals surface area contributed by atoms with Gasteiger partial charge in [-0.25, -0.2) is 0 Å². The van der Waals surface area contributed by atoms with E-state index in [0.29, 0.717) is 17.1 Å². The molecule has 0 saturated carbocycles. The average Bonchev–Trinajstić information content (AvgIpc) is 2.62. The summed E-state index contributed by atoms with van der Waals surface area (Å²) in [5.41, 5.74) is 1.53. The Morgan fingerprint density at radius 1 is 1.12 bits per heavy atom. The van der Waals surface area contributed by atoms with E-state index in [1.165, 1.54) is 0 Å². The molecule has 0 aliphatic rings. The van der Waals surface area contributed by atoms with Gasteiger partial charge in [0.15, 0.2) is 5.52 Å². The maximum absolute atomic E-state index is 12.9. The van der Waals surface area contributed by atoms with Crippen molar-refractivity contribution in [2.45, 2.75) is 33.3 Å². The van der Waals surface area contributed by atoms with Gasteiger partial charge in [-0.05, 0) is 64.0 Å². The second kappa shape index (κ2) is 10.6. The minimum atomic E-state index is -0.00854. The molecule has 135 valence electrons. The standard InChI is InChI=1S/C20H25O4P.Li/c1-6-14(3)24-15-10-11-18(13(2)12-15)25-20(21)19-16(22-4)8-7-9-17(19)23-5;/h7-12,14,25H,6H2,1-5H3;. The molecule has 2 unspecified atom stereocenters. The summed E-state index contributed by atoms with van der Waals surface area (Å²) in [6.45, 7) is 6.13. The average molecular weight is 367 g/mol. The summed E-state index contributed by atoms with van der Waals surface area (Å²) >= 11 is 0. The molecule has 26 heavy (non-hydrogen) atoms. The Hall–Kier alpha value is -1.46. The second-order valence-electron chi connectivity index (χ2n) is 5.81. The zero-order valence-corrected chi connectivity index (χ0v) is 17.4. The van der Waals surface area contributed by atoms with E-state index < -0.39 is 0 Å². The van der Waals surface area contributed by atoms with Gasteiger partial charge in [0.05, 0.1) is 20.3 Å². The largest absolute Gasteiger partial charge is 0.496 e. The van der Waals surface area contributed by atoms with Crippen LogP contribution in [0.25, 0.3) is 0 Å². The molecule has 0 saturated heterocycles. The molecule has 0 N–H and O–H groups in total. The van der Waals surface area contributed by atoms with E-state index in [0.717, 1.165) is 23.0 Å². The van der Waals surface area contributed by atoms with Gasteiger partial charge in [-0.15, -0.1) is 0 Å². The molecule has 0 bridgehead atoms. The van der Waals surface area contributed by atoms with Crippen LogP contribution in [0.4, 0.5) is 0 Å². The van der Waals surface area contributed by atoms with Crippen LogP contribution in [0.15, 0.2) is 36.4 Å². The van der Waals surface area contributed by atoms with Crippen LogP contribution in [0.3, 0.4) is 0 Å². The summed E-state index contributed by atoms with van der Waals surface area (Å²) in [5.74, 6) is 1.90. The van der Waals surface area contributed by atoms with Crippen molar-refractivity contribution in [3.63, 3.8) is 0 Å². The van der Waals surface area contributed by atoms with Crippen molar-refractivity contribution in [2.75, 3.05) is 14.2 Å². The molecule has 4 nitrogen and oxygen atoms in total. The molecule has 2 atom stereocenters. The number of methoxy groups -OCH3 is 2. The van der Waals surface area contributed by atoms with Crippen LogP contribution < -0.4 is 19.5 Å². The van der Waals surface area contributed by atoms with E-state index in [1.54, 1.807) is 26.4 Å². The number of aryl methyl sites for hydroxylation is 1. The minimum absolute atomic E-state index is 0. The molecule has 1 radical (unpaired) electrons. The number of hydrogen-bond donors (Lipinski definition) is 0. The van der Waals surface area contributed by atoms with Crippen molar-refractivity contribution in [2.24, 2.45) is 0 Å². The summed E-state index contributed by atoms with van der Waals surface area (Å²) in [7, 11) is 3.10. The van der Waals surface area contributed by atoms with E-state index in [-0.39, 0.29) is 39.1 Å². The van der Waals surface area contributed by atoms with Crippen LogP contribution in [0, 0.1) is 6.92 Å². The molecular weight excluding hydrogens is 342 g/mol. The molecule has 2 aromatic rings. The van der Waals surface area contributed by atoms with Crippen molar-refractivity contribution in [3.8, 4) is 17.2 Å². The minimum Gasteiger partial charge on any atom is -0.496 e. The maximum Gasteiger partial charge on any atom is 0.193 e. The van der Waals surface area contributed by atoms with Crippen molar-refractivity contribution < 1.29 is 19.0 Å². The number of carbonyl (C=O) groups excluding carboxylic acids is 1. The van der Waals surface area contributed by atoms with E-state index in [9.17, 15) is 4.79 Å². The van der Waals surface area contributed by atoms with Gasteiger partial charge >= 0.3 is 0 Å². The first-order valence-electron chi connectivity index (χ1n) is 8.29. The molecule has 0 amide bonds. The molecule has 2 aromatic carbocycles. The predicted molar refractivity (Wildman–Crippen MR) is 109 cm³/mol. The molecule has 2 rings (SSSR count). The Balaban J connectivity index is 0.00000338. The van der Waals surface area contributed by atoms with Crippen LogP contribution in [-0.4, -0.2) is 44.7 Å². The third kappa shape index (κ3) is 5.52. The Morgan fingerprint density at radius 2 is 1.73 bits per heavy atom. The fraction of sp³-hybridized carbons (Fsp3) is 0.350. The van der Waals surface area contributed by atoms with Gasteiger partial charge < -0.3 is 14.2 Å². The van der Waals surface area contributed by atoms with E-state index in [2.05, 4.69) is 6.92 Å². The van der Waals surface area contributed by atoms with Crippen molar-refractivity contribution in [1.29, 1.82) is 0 Å². The Labute approximate surface area is 169 Å². The van der Waals surface area contributed by atoms with E-state index in [1.807, 2.05) is 38.1 Å². The van der Waals surface area contributed by atoms with Crippen LogP contribution in [0.1, 0.15) is 36.2 Å². The zero-order chi connectivity index (χ0) is 18.4. The first-order valence-corrected chi connectivity index (χ1v) is 9.29. The molecular formula is C20H25LiO4P. The fourth-order valence-electron chi connectivity index (χ4n) is 2.43. The van der Waals surface area contributed by atoms with Gasteiger partial charge in [-0.3, -0.25) is 4.79 Å². The SMILES string of the molecule is CCC(C)Oc1ccc(PC(=O)c2c(OC)cccc2OC)c(C)c1.[Li]. The maximum atomic E-state index is 12.9. The first kappa shape index (κ1) is 22.6. The number of rotatable bonds is 8. The van der Waals surface area contributed by atoms with Gasteiger partial charge in [0, 0.05) is 18.9 Å². The van der Waals surface area contributed by atoms with E-state index in [4.69, 9.17) is 14.2 Å².